The molecule has 3 atom stereocenters. The molecule has 2 aliphatic carbocycles. The van der Waals surface area contributed by atoms with E-state index in [9.17, 15) is 0 Å². The molecule has 112 valence electrons. The van der Waals surface area contributed by atoms with Crippen molar-refractivity contribution in [2.24, 2.45) is 17.8 Å². The first kappa shape index (κ1) is 15.3. The normalized spacial score (nSPS) is 29.5. The predicted octanol–water partition coefficient (Wildman–Crippen LogP) is 2.37. The van der Waals surface area contributed by atoms with E-state index >= 15 is 0 Å². The fourth-order valence-corrected chi connectivity index (χ4v) is 3.93. The first-order chi connectivity index (χ1) is 9.29. The Morgan fingerprint density at radius 2 is 2.11 bits per heavy atom. The molecule has 0 spiro atoms. The van der Waals surface area contributed by atoms with Gasteiger partial charge in [-0.15, -0.1) is 0 Å². The van der Waals surface area contributed by atoms with Gasteiger partial charge in [0.25, 0.3) is 0 Å². The molecule has 3 heteroatoms. The minimum absolute atomic E-state index is 0.840. The van der Waals surface area contributed by atoms with Gasteiger partial charge in [0, 0.05) is 32.8 Å². The van der Waals surface area contributed by atoms with Gasteiger partial charge < -0.3 is 15.0 Å². The van der Waals surface area contributed by atoms with Crippen molar-refractivity contribution in [1.82, 2.24) is 10.2 Å². The summed E-state index contributed by atoms with van der Waals surface area (Å²) in [4.78, 5) is 2.53. The van der Waals surface area contributed by atoms with E-state index in [-0.39, 0.29) is 0 Å². The summed E-state index contributed by atoms with van der Waals surface area (Å²) >= 11 is 0. The summed E-state index contributed by atoms with van der Waals surface area (Å²) in [5.74, 6) is 3.15. The number of nitrogens with one attached hydrogen (secondary N) is 1. The molecule has 3 nitrogen and oxygen atoms in total. The fraction of sp³-hybridized carbons (Fsp3) is 1.00. The van der Waals surface area contributed by atoms with Gasteiger partial charge in [0.05, 0.1) is 0 Å². The van der Waals surface area contributed by atoms with Crippen molar-refractivity contribution in [2.45, 2.75) is 39.0 Å². The van der Waals surface area contributed by atoms with E-state index in [1.54, 1.807) is 0 Å². The summed E-state index contributed by atoms with van der Waals surface area (Å²) in [5.41, 5.74) is 0. The van der Waals surface area contributed by atoms with Crippen LogP contribution in [0.4, 0.5) is 0 Å². The van der Waals surface area contributed by atoms with E-state index in [0.717, 1.165) is 50.5 Å². The molecule has 0 amide bonds. The van der Waals surface area contributed by atoms with Gasteiger partial charge >= 0.3 is 0 Å². The minimum Gasteiger partial charge on any atom is -0.382 e. The summed E-state index contributed by atoms with van der Waals surface area (Å²) in [7, 11) is 2.29. The molecule has 0 aromatic rings. The molecule has 2 bridgehead atoms. The second kappa shape index (κ2) is 8.23. The Labute approximate surface area is 119 Å². The third-order valence-corrected chi connectivity index (χ3v) is 4.95. The number of rotatable bonds is 10. The summed E-state index contributed by atoms with van der Waals surface area (Å²) < 4.78 is 5.33. The lowest BCUT2D eigenvalue weighted by molar-refractivity contribution is 0.144. The highest BCUT2D eigenvalue weighted by Gasteiger charge is 2.39. The lowest BCUT2D eigenvalue weighted by Crippen LogP contribution is -2.34. The van der Waals surface area contributed by atoms with E-state index < -0.39 is 0 Å². The monoisotopic (exact) mass is 268 g/mol. The number of hydrogen-bond donors (Lipinski definition) is 1. The zero-order valence-corrected chi connectivity index (χ0v) is 12.9. The Bertz CT molecular complexity index is 247. The van der Waals surface area contributed by atoms with Crippen LogP contribution in [0.25, 0.3) is 0 Å². The SMILES string of the molecule is CCOCCCNCCN(C)CC1CC2CCC1C2. The van der Waals surface area contributed by atoms with E-state index in [2.05, 4.69) is 24.2 Å². The smallest absolute Gasteiger partial charge is 0.0477 e. The van der Waals surface area contributed by atoms with Crippen molar-refractivity contribution in [3.63, 3.8) is 0 Å². The van der Waals surface area contributed by atoms with Gasteiger partial charge in [-0.1, -0.05) is 6.42 Å². The van der Waals surface area contributed by atoms with Gasteiger partial charge in [-0.05, 0) is 64.0 Å². The van der Waals surface area contributed by atoms with Crippen LogP contribution in [0.5, 0.6) is 0 Å². The van der Waals surface area contributed by atoms with Crippen molar-refractivity contribution in [1.29, 1.82) is 0 Å². The quantitative estimate of drug-likeness (QED) is 0.616. The van der Waals surface area contributed by atoms with Crippen molar-refractivity contribution in [2.75, 3.05) is 46.4 Å². The molecule has 2 saturated carbocycles. The topological polar surface area (TPSA) is 24.5 Å². The molecule has 2 fully saturated rings. The van der Waals surface area contributed by atoms with Crippen molar-refractivity contribution in [3.8, 4) is 0 Å². The van der Waals surface area contributed by atoms with Crippen LogP contribution in [-0.4, -0.2) is 51.3 Å². The molecule has 3 unspecified atom stereocenters. The molecule has 2 rings (SSSR count). The van der Waals surface area contributed by atoms with Gasteiger partial charge in [0.1, 0.15) is 0 Å². The molecule has 19 heavy (non-hydrogen) atoms. The van der Waals surface area contributed by atoms with Crippen LogP contribution in [0.2, 0.25) is 0 Å². The predicted molar refractivity (Wildman–Crippen MR) is 80.4 cm³/mol. The van der Waals surface area contributed by atoms with Crippen LogP contribution >= 0.6 is 0 Å². The molecule has 0 aromatic carbocycles. The fourth-order valence-electron chi connectivity index (χ4n) is 3.93. The van der Waals surface area contributed by atoms with Crippen LogP contribution in [0, 0.1) is 17.8 Å². The second-order valence-electron chi connectivity index (χ2n) is 6.50. The Balaban J connectivity index is 1.45. The maximum absolute atomic E-state index is 5.33. The first-order valence-electron chi connectivity index (χ1n) is 8.26. The average molecular weight is 268 g/mol. The van der Waals surface area contributed by atoms with E-state index in [0.29, 0.717) is 0 Å². The molecule has 0 aromatic heterocycles. The van der Waals surface area contributed by atoms with Crippen molar-refractivity contribution >= 4 is 0 Å². The summed E-state index contributed by atoms with van der Waals surface area (Å²) in [6.45, 7) is 8.49. The zero-order valence-electron chi connectivity index (χ0n) is 12.9. The Morgan fingerprint density at radius 3 is 2.79 bits per heavy atom. The van der Waals surface area contributed by atoms with Gasteiger partial charge in [0.15, 0.2) is 0 Å². The van der Waals surface area contributed by atoms with E-state index in [4.69, 9.17) is 4.74 Å². The molecule has 1 N–H and O–H groups in total. The third kappa shape index (κ3) is 5.05. The van der Waals surface area contributed by atoms with Gasteiger partial charge in [0.2, 0.25) is 0 Å². The minimum atomic E-state index is 0.840. The highest BCUT2D eigenvalue weighted by Crippen LogP contribution is 2.48. The summed E-state index contributed by atoms with van der Waals surface area (Å²) in [6.07, 6.45) is 7.21. The Kier molecular flexibility index (Phi) is 6.62. The van der Waals surface area contributed by atoms with Crippen LogP contribution in [0.15, 0.2) is 0 Å². The molecule has 0 heterocycles. The number of hydrogen-bond acceptors (Lipinski definition) is 3. The summed E-state index contributed by atoms with van der Waals surface area (Å²) in [5, 5.41) is 3.51. The first-order valence-corrected chi connectivity index (χ1v) is 8.26. The lowest BCUT2D eigenvalue weighted by Gasteiger charge is -2.27. The van der Waals surface area contributed by atoms with E-state index in [1.165, 1.54) is 38.8 Å². The van der Waals surface area contributed by atoms with Crippen LogP contribution in [0.3, 0.4) is 0 Å². The number of fused-ring (bicyclic) bond motifs is 2. The van der Waals surface area contributed by atoms with Crippen molar-refractivity contribution < 1.29 is 4.74 Å². The van der Waals surface area contributed by atoms with Gasteiger partial charge in [-0.25, -0.2) is 0 Å². The molecule has 2 aliphatic rings. The number of ether oxygens (including phenoxy) is 1. The highest BCUT2D eigenvalue weighted by molar-refractivity contribution is 4.90. The van der Waals surface area contributed by atoms with Gasteiger partial charge in [-0.3, -0.25) is 0 Å². The number of nitrogens with zero attached hydrogens (tertiary/aromatic N) is 1. The second-order valence-corrected chi connectivity index (χ2v) is 6.50. The lowest BCUT2D eigenvalue weighted by atomic mass is 9.88. The largest absolute Gasteiger partial charge is 0.382 e. The Hall–Kier alpha value is -0.120. The molecule has 0 saturated heterocycles. The van der Waals surface area contributed by atoms with Crippen LogP contribution in [0.1, 0.15) is 39.0 Å². The molecule has 0 aliphatic heterocycles. The van der Waals surface area contributed by atoms with Crippen LogP contribution in [-0.2, 0) is 4.74 Å². The molecular formula is C16H32N2O. The average Bonchev–Trinajstić information content (AvgIpc) is 3.00. The highest BCUT2D eigenvalue weighted by atomic mass is 16.5. The van der Waals surface area contributed by atoms with Crippen molar-refractivity contribution in [3.05, 3.63) is 0 Å². The van der Waals surface area contributed by atoms with Gasteiger partial charge in [-0.2, -0.15) is 0 Å². The molecule has 0 radical (unpaired) electrons. The molecular weight excluding hydrogens is 236 g/mol. The summed E-state index contributed by atoms with van der Waals surface area (Å²) in [6, 6.07) is 0. The van der Waals surface area contributed by atoms with E-state index in [1.807, 2.05) is 0 Å². The number of likely N-dealkylation sites (N-methyl/N-ethyl adjacent to an activating group) is 1. The zero-order chi connectivity index (χ0) is 13.5. The maximum Gasteiger partial charge on any atom is 0.0477 e. The maximum atomic E-state index is 5.33. The van der Waals surface area contributed by atoms with Crippen LogP contribution < -0.4 is 5.32 Å². The standard InChI is InChI=1S/C16H32N2O/c1-3-19-10-4-7-17-8-9-18(2)13-16-12-14-5-6-15(16)11-14/h14-17H,3-13H2,1-2H3. The Morgan fingerprint density at radius 1 is 1.21 bits per heavy atom. The third-order valence-electron chi connectivity index (χ3n) is 4.95.